The third-order valence-corrected chi connectivity index (χ3v) is 4.00. The highest BCUT2D eigenvalue weighted by Crippen LogP contribution is 2.24. The molecule has 4 heterocycles. The number of carbonyl (C=O) groups excluding carboxylic acids is 1. The van der Waals surface area contributed by atoms with E-state index in [1.54, 1.807) is 0 Å². The number of amides is 1. The van der Waals surface area contributed by atoms with Crippen LogP contribution in [0.3, 0.4) is 0 Å². The van der Waals surface area contributed by atoms with Crippen molar-refractivity contribution in [1.29, 1.82) is 0 Å². The molecule has 0 aliphatic carbocycles. The average Bonchev–Trinajstić information content (AvgIpc) is 2.94. The standard InChI is InChI=1S/C15H16N8O2/c1-25-15-10(5-18-7-19-15)21-14(24)11-12(16)22-23-6-8-4-17-3-2-9(8)20-13(11)23/h5-7,17H,2-4H2,1H3,(H2,16,22)(H,21,24). The van der Waals surface area contributed by atoms with Crippen LogP contribution in [0.5, 0.6) is 5.88 Å². The van der Waals surface area contributed by atoms with Gasteiger partial charge in [-0.1, -0.05) is 0 Å². The van der Waals surface area contributed by atoms with Crippen LogP contribution in [0.1, 0.15) is 21.6 Å². The molecule has 128 valence electrons. The van der Waals surface area contributed by atoms with E-state index in [4.69, 9.17) is 10.5 Å². The van der Waals surface area contributed by atoms with Crippen molar-refractivity contribution in [3.05, 3.63) is 35.5 Å². The van der Waals surface area contributed by atoms with Gasteiger partial charge in [-0.05, 0) is 0 Å². The molecule has 4 rings (SSSR count). The molecule has 0 bridgehead atoms. The Labute approximate surface area is 142 Å². The molecule has 10 heteroatoms. The van der Waals surface area contributed by atoms with Crippen LogP contribution in [0.2, 0.25) is 0 Å². The van der Waals surface area contributed by atoms with Crippen molar-refractivity contribution in [2.75, 3.05) is 24.7 Å². The molecule has 3 aromatic rings. The van der Waals surface area contributed by atoms with E-state index in [-0.39, 0.29) is 17.3 Å². The summed E-state index contributed by atoms with van der Waals surface area (Å²) in [6, 6.07) is 0. The Bertz CT molecular complexity index is 968. The summed E-state index contributed by atoms with van der Waals surface area (Å²) in [6.07, 6.45) is 5.42. The molecule has 0 fully saturated rings. The van der Waals surface area contributed by atoms with E-state index >= 15 is 0 Å². The van der Waals surface area contributed by atoms with Gasteiger partial charge in [0.1, 0.15) is 17.6 Å². The molecule has 25 heavy (non-hydrogen) atoms. The van der Waals surface area contributed by atoms with Gasteiger partial charge in [-0.3, -0.25) is 4.79 Å². The molecule has 0 spiro atoms. The van der Waals surface area contributed by atoms with Crippen molar-refractivity contribution < 1.29 is 9.53 Å². The first-order valence-electron chi connectivity index (χ1n) is 7.70. The third kappa shape index (κ3) is 2.62. The van der Waals surface area contributed by atoms with Crippen LogP contribution in [0.25, 0.3) is 5.65 Å². The normalized spacial score (nSPS) is 13.5. The summed E-state index contributed by atoms with van der Waals surface area (Å²) < 4.78 is 6.65. The van der Waals surface area contributed by atoms with E-state index in [9.17, 15) is 4.79 Å². The second-order valence-electron chi connectivity index (χ2n) is 5.57. The van der Waals surface area contributed by atoms with Crippen molar-refractivity contribution >= 4 is 23.1 Å². The number of ether oxygens (including phenoxy) is 1. The topological polar surface area (TPSA) is 132 Å². The van der Waals surface area contributed by atoms with Crippen molar-refractivity contribution in [3.63, 3.8) is 0 Å². The average molecular weight is 340 g/mol. The Morgan fingerprint density at radius 2 is 2.36 bits per heavy atom. The fraction of sp³-hybridized carbons (Fsp3) is 0.267. The lowest BCUT2D eigenvalue weighted by Crippen LogP contribution is -2.25. The predicted molar refractivity (Wildman–Crippen MR) is 89.3 cm³/mol. The van der Waals surface area contributed by atoms with Gasteiger partial charge in [0.15, 0.2) is 11.5 Å². The molecule has 0 saturated carbocycles. The van der Waals surface area contributed by atoms with Crippen LogP contribution < -0.4 is 21.1 Å². The summed E-state index contributed by atoms with van der Waals surface area (Å²) in [5.41, 5.74) is 8.94. The van der Waals surface area contributed by atoms with E-state index in [1.165, 1.54) is 24.1 Å². The number of nitrogen functional groups attached to an aromatic ring is 1. The summed E-state index contributed by atoms with van der Waals surface area (Å²) in [5.74, 6) is -0.0760. The zero-order valence-electron chi connectivity index (χ0n) is 13.5. The summed E-state index contributed by atoms with van der Waals surface area (Å²) in [4.78, 5) is 25.2. The van der Waals surface area contributed by atoms with Crippen molar-refractivity contribution in [3.8, 4) is 5.88 Å². The molecule has 0 saturated heterocycles. The first-order chi connectivity index (χ1) is 12.2. The van der Waals surface area contributed by atoms with Crippen molar-refractivity contribution in [2.24, 2.45) is 0 Å². The number of nitrogens with one attached hydrogen (secondary N) is 2. The molecule has 10 nitrogen and oxygen atoms in total. The van der Waals surface area contributed by atoms with E-state index in [0.717, 1.165) is 30.8 Å². The lowest BCUT2D eigenvalue weighted by atomic mass is 10.1. The van der Waals surface area contributed by atoms with Gasteiger partial charge in [-0.25, -0.2) is 14.5 Å². The molecule has 0 radical (unpaired) electrons. The van der Waals surface area contributed by atoms with Gasteiger partial charge in [0.2, 0.25) is 5.88 Å². The second kappa shape index (κ2) is 5.98. The van der Waals surface area contributed by atoms with E-state index < -0.39 is 5.91 Å². The minimum absolute atomic E-state index is 0.108. The number of nitrogens with zero attached hydrogens (tertiary/aromatic N) is 5. The number of nitrogens with two attached hydrogens (primary N) is 1. The smallest absolute Gasteiger partial charge is 0.263 e. The highest BCUT2D eigenvalue weighted by molar-refractivity contribution is 6.11. The van der Waals surface area contributed by atoms with Gasteiger partial charge in [0.05, 0.1) is 19.0 Å². The zero-order chi connectivity index (χ0) is 17.4. The Morgan fingerprint density at radius 3 is 3.20 bits per heavy atom. The predicted octanol–water partition coefficient (Wildman–Crippen LogP) is 0.00810. The number of fused-ring (bicyclic) bond motifs is 2. The van der Waals surface area contributed by atoms with E-state index in [1.807, 2.05) is 6.20 Å². The first-order valence-corrected chi connectivity index (χ1v) is 7.70. The molecule has 1 aliphatic rings. The number of anilines is 2. The Balaban J connectivity index is 1.75. The molecular formula is C15H16N8O2. The maximum absolute atomic E-state index is 12.7. The second-order valence-corrected chi connectivity index (χ2v) is 5.57. The van der Waals surface area contributed by atoms with Gasteiger partial charge in [-0.15, -0.1) is 5.10 Å². The summed E-state index contributed by atoms with van der Waals surface area (Å²) in [7, 11) is 1.46. The molecule has 3 aromatic heterocycles. The SMILES string of the molecule is COc1ncncc1NC(=O)c1c(N)nn2cc3c(nc12)CCNC3. The molecular weight excluding hydrogens is 324 g/mol. The quantitative estimate of drug-likeness (QED) is 0.607. The highest BCUT2D eigenvalue weighted by Gasteiger charge is 2.23. The Hall–Kier alpha value is -3.27. The number of rotatable bonds is 3. The van der Waals surface area contributed by atoms with Gasteiger partial charge < -0.3 is 21.1 Å². The zero-order valence-corrected chi connectivity index (χ0v) is 13.5. The Morgan fingerprint density at radius 1 is 1.48 bits per heavy atom. The molecule has 1 amide bonds. The van der Waals surface area contributed by atoms with Gasteiger partial charge in [0, 0.05) is 31.3 Å². The molecule has 1 aliphatic heterocycles. The minimum Gasteiger partial charge on any atom is -0.479 e. The van der Waals surface area contributed by atoms with Crippen molar-refractivity contribution in [2.45, 2.75) is 13.0 Å². The molecule has 0 atom stereocenters. The monoisotopic (exact) mass is 340 g/mol. The molecule has 0 unspecified atom stereocenters. The van der Waals surface area contributed by atoms with E-state index in [0.29, 0.717) is 11.3 Å². The van der Waals surface area contributed by atoms with Gasteiger partial charge in [0.25, 0.3) is 5.91 Å². The van der Waals surface area contributed by atoms with Crippen LogP contribution in [0.15, 0.2) is 18.7 Å². The number of carbonyl (C=O) groups is 1. The van der Waals surface area contributed by atoms with Crippen LogP contribution in [0.4, 0.5) is 11.5 Å². The van der Waals surface area contributed by atoms with Crippen LogP contribution >= 0.6 is 0 Å². The summed E-state index contributed by atoms with van der Waals surface area (Å²) in [6.45, 7) is 1.57. The maximum atomic E-state index is 12.7. The van der Waals surface area contributed by atoms with Crippen LogP contribution in [-0.4, -0.2) is 44.1 Å². The fourth-order valence-corrected chi connectivity index (χ4v) is 2.82. The summed E-state index contributed by atoms with van der Waals surface area (Å²) in [5, 5.41) is 10.2. The highest BCUT2D eigenvalue weighted by atomic mass is 16.5. The summed E-state index contributed by atoms with van der Waals surface area (Å²) >= 11 is 0. The lowest BCUT2D eigenvalue weighted by Gasteiger charge is -2.15. The molecule has 4 N–H and O–H groups in total. The fourth-order valence-electron chi connectivity index (χ4n) is 2.82. The van der Waals surface area contributed by atoms with E-state index in [2.05, 4.69) is 30.7 Å². The Kier molecular flexibility index (Phi) is 3.65. The number of hydrogen-bond acceptors (Lipinski definition) is 8. The lowest BCUT2D eigenvalue weighted by molar-refractivity contribution is 0.102. The number of aromatic nitrogens is 5. The van der Waals surface area contributed by atoms with Crippen LogP contribution in [-0.2, 0) is 13.0 Å². The van der Waals surface area contributed by atoms with Gasteiger partial charge in [-0.2, -0.15) is 4.98 Å². The first kappa shape index (κ1) is 15.3. The maximum Gasteiger partial charge on any atom is 0.263 e. The van der Waals surface area contributed by atoms with Crippen molar-refractivity contribution in [1.82, 2.24) is 29.9 Å². The van der Waals surface area contributed by atoms with Gasteiger partial charge >= 0.3 is 0 Å². The number of hydrogen-bond donors (Lipinski definition) is 3. The van der Waals surface area contributed by atoms with Crippen LogP contribution in [0, 0.1) is 0 Å². The third-order valence-electron chi connectivity index (χ3n) is 4.00. The molecule has 0 aromatic carbocycles. The minimum atomic E-state index is -0.443. The number of methoxy groups -OCH3 is 1. The largest absolute Gasteiger partial charge is 0.479 e.